The molecule has 1 saturated carbocycles. The summed E-state index contributed by atoms with van der Waals surface area (Å²) in [6, 6.07) is 10.4. The third-order valence-corrected chi connectivity index (χ3v) is 4.06. The van der Waals surface area contributed by atoms with Crippen LogP contribution in [0.5, 0.6) is 5.75 Å². The molecule has 0 spiro atoms. The van der Waals surface area contributed by atoms with Crippen LogP contribution in [0.2, 0.25) is 0 Å². The van der Waals surface area contributed by atoms with E-state index < -0.39 is 0 Å². The van der Waals surface area contributed by atoms with Crippen LogP contribution in [0.15, 0.2) is 30.3 Å². The molecule has 21 heavy (non-hydrogen) atoms. The van der Waals surface area contributed by atoms with E-state index in [4.69, 9.17) is 9.72 Å². The van der Waals surface area contributed by atoms with Gasteiger partial charge < -0.3 is 10.1 Å². The fourth-order valence-electron chi connectivity index (χ4n) is 2.96. The standard InChI is InChI=1S/C18H24N2O/c1-2-11-19-13-14-12-18(21-15-7-3-4-8-15)16-9-5-6-10-17(16)20-14/h5-6,9-10,12,15,19H,2-4,7-8,11,13H2,1H3. The van der Waals surface area contributed by atoms with E-state index in [1.165, 1.54) is 25.7 Å². The molecule has 3 heteroatoms. The van der Waals surface area contributed by atoms with Crippen molar-refractivity contribution in [1.82, 2.24) is 10.3 Å². The number of ether oxygens (including phenoxy) is 1. The molecule has 2 aromatic rings. The van der Waals surface area contributed by atoms with Crippen molar-refractivity contribution in [3.63, 3.8) is 0 Å². The predicted octanol–water partition coefficient (Wildman–Crippen LogP) is 4.06. The van der Waals surface area contributed by atoms with E-state index in [0.717, 1.165) is 41.9 Å². The predicted molar refractivity (Wildman–Crippen MR) is 86.6 cm³/mol. The minimum absolute atomic E-state index is 0.382. The zero-order valence-electron chi connectivity index (χ0n) is 12.8. The van der Waals surface area contributed by atoms with Gasteiger partial charge in [-0.05, 0) is 50.8 Å². The molecule has 112 valence electrons. The summed E-state index contributed by atoms with van der Waals surface area (Å²) in [5.41, 5.74) is 2.09. The Kier molecular flexibility index (Phi) is 4.71. The normalized spacial score (nSPS) is 15.7. The summed E-state index contributed by atoms with van der Waals surface area (Å²) in [6.07, 6.45) is 6.46. The lowest BCUT2D eigenvalue weighted by molar-refractivity contribution is 0.212. The third kappa shape index (κ3) is 3.53. The van der Waals surface area contributed by atoms with Crippen molar-refractivity contribution in [3.8, 4) is 5.75 Å². The summed E-state index contributed by atoms with van der Waals surface area (Å²) in [7, 11) is 0. The summed E-state index contributed by atoms with van der Waals surface area (Å²) in [6.45, 7) is 4.00. The van der Waals surface area contributed by atoms with E-state index in [1.54, 1.807) is 0 Å². The smallest absolute Gasteiger partial charge is 0.130 e. The lowest BCUT2D eigenvalue weighted by atomic mass is 10.1. The third-order valence-electron chi connectivity index (χ3n) is 4.06. The van der Waals surface area contributed by atoms with Gasteiger partial charge in [-0.25, -0.2) is 0 Å². The van der Waals surface area contributed by atoms with Gasteiger partial charge in [-0.1, -0.05) is 19.1 Å². The molecule has 1 heterocycles. The Labute approximate surface area is 126 Å². The van der Waals surface area contributed by atoms with E-state index in [1.807, 2.05) is 6.07 Å². The van der Waals surface area contributed by atoms with Crippen LogP contribution in [-0.4, -0.2) is 17.6 Å². The molecule has 1 aliphatic rings. The number of rotatable bonds is 6. The molecule has 0 amide bonds. The second-order valence-corrected chi connectivity index (χ2v) is 5.83. The van der Waals surface area contributed by atoms with Crippen LogP contribution in [0.25, 0.3) is 10.9 Å². The minimum Gasteiger partial charge on any atom is -0.490 e. The van der Waals surface area contributed by atoms with Gasteiger partial charge in [0.25, 0.3) is 0 Å². The SMILES string of the molecule is CCCNCc1cc(OC2CCCC2)c2ccccc2n1. The summed E-state index contributed by atoms with van der Waals surface area (Å²) in [4.78, 5) is 4.74. The van der Waals surface area contributed by atoms with Crippen molar-refractivity contribution in [1.29, 1.82) is 0 Å². The largest absolute Gasteiger partial charge is 0.490 e. The number of nitrogens with zero attached hydrogens (tertiary/aromatic N) is 1. The van der Waals surface area contributed by atoms with Gasteiger partial charge in [0.1, 0.15) is 5.75 Å². The van der Waals surface area contributed by atoms with Gasteiger partial charge in [-0.2, -0.15) is 0 Å². The van der Waals surface area contributed by atoms with Crippen molar-refractivity contribution >= 4 is 10.9 Å². The van der Waals surface area contributed by atoms with Crippen molar-refractivity contribution in [2.24, 2.45) is 0 Å². The fraction of sp³-hybridized carbons (Fsp3) is 0.500. The van der Waals surface area contributed by atoms with E-state index in [-0.39, 0.29) is 0 Å². The maximum Gasteiger partial charge on any atom is 0.130 e. The summed E-state index contributed by atoms with van der Waals surface area (Å²) >= 11 is 0. The lowest BCUT2D eigenvalue weighted by Gasteiger charge is -2.16. The van der Waals surface area contributed by atoms with E-state index in [0.29, 0.717) is 6.10 Å². The molecule has 0 saturated heterocycles. The molecular weight excluding hydrogens is 260 g/mol. The van der Waals surface area contributed by atoms with Gasteiger partial charge in [-0.15, -0.1) is 0 Å². The van der Waals surface area contributed by atoms with Crippen molar-refractivity contribution in [3.05, 3.63) is 36.0 Å². The zero-order valence-corrected chi connectivity index (χ0v) is 12.8. The van der Waals surface area contributed by atoms with Crippen molar-refractivity contribution < 1.29 is 4.74 Å². The van der Waals surface area contributed by atoms with Gasteiger partial charge in [0.2, 0.25) is 0 Å². The summed E-state index contributed by atoms with van der Waals surface area (Å²) in [5.74, 6) is 1.00. The Bertz CT molecular complexity index is 591. The van der Waals surface area contributed by atoms with Crippen LogP contribution < -0.4 is 10.1 Å². The van der Waals surface area contributed by atoms with Gasteiger partial charge in [0.05, 0.1) is 17.3 Å². The Morgan fingerprint density at radius 2 is 2.05 bits per heavy atom. The number of nitrogens with one attached hydrogen (secondary N) is 1. The highest BCUT2D eigenvalue weighted by atomic mass is 16.5. The second kappa shape index (κ2) is 6.90. The number of para-hydroxylation sites is 1. The number of pyridine rings is 1. The molecule has 1 aromatic carbocycles. The first-order valence-corrected chi connectivity index (χ1v) is 8.13. The van der Waals surface area contributed by atoms with Crippen LogP contribution in [0, 0.1) is 0 Å². The van der Waals surface area contributed by atoms with Crippen LogP contribution in [0.3, 0.4) is 0 Å². The molecule has 0 radical (unpaired) electrons. The highest BCUT2D eigenvalue weighted by Gasteiger charge is 2.18. The average Bonchev–Trinajstić information content (AvgIpc) is 3.01. The molecule has 3 nitrogen and oxygen atoms in total. The molecule has 0 aliphatic heterocycles. The molecular formula is C18H24N2O. The van der Waals surface area contributed by atoms with E-state index >= 15 is 0 Å². The molecule has 0 unspecified atom stereocenters. The topological polar surface area (TPSA) is 34.1 Å². The molecule has 0 bridgehead atoms. The highest BCUT2D eigenvalue weighted by molar-refractivity contribution is 5.85. The van der Waals surface area contributed by atoms with Gasteiger partial charge in [0, 0.05) is 18.0 Å². The number of benzene rings is 1. The van der Waals surface area contributed by atoms with Crippen molar-refractivity contribution in [2.75, 3.05) is 6.54 Å². The van der Waals surface area contributed by atoms with Crippen molar-refractivity contribution in [2.45, 2.75) is 51.7 Å². The van der Waals surface area contributed by atoms with Crippen LogP contribution in [0.1, 0.15) is 44.7 Å². The number of hydrogen-bond acceptors (Lipinski definition) is 3. The van der Waals surface area contributed by atoms with Crippen LogP contribution in [-0.2, 0) is 6.54 Å². The molecule has 0 atom stereocenters. The van der Waals surface area contributed by atoms with Gasteiger partial charge >= 0.3 is 0 Å². The Balaban J connectivity index is 1.87. The van der Waals surface area contributed by atoms with E-state index in [2.05, 4.69) is 36.5 Å². The number of fused-ring (bicyclic) bond motifs is 1. The minimum atomic E-state index is 0.382. The maximum atomic E-state index is 6.27. The monoisotopic (exact) mass is 284 g/mol. The fourth-order valence-corrected chi connectivity index (χ4v) is 2.96. The zero-order chi connectivity index (χ0) is 14.5. The first-order valence-electron chi connectivity index (χ1n) is 8.13. The first-order chi connectivity index (χ1) is 10.4. The average molecular weight is 284 g/mol. The molecule has 1 aliphatic carbocycles. The molecule has 3 rings (SSSR count). The Morgan fingerprint density at radius 1 is 1.24 bits per heavy atom. The summed E-state index contributed by atoms with van der Waals surface area (Å²) in [5, 5.41) is 4.55. The molecule has 1 aromatic heterocycles. The Morgan fingerprint density at radius 3 is 2.86 bits per heavy atom. The Hall–Kier alpha value is -1.61. The number of aromatic nitrogens is 1. The lowest BCUT2D eigenvalue weighted by Crippen LogP contribution is -2.16. The van der Waals surface area contributed by atoms with E-state index in [9.17, 15) is 0 Å². The number of hydrogen-bond donors (Lipinski definition) is 1. The van der Waals surface area contributed by atoms with Crippen LogP contribution in [0.4, 0.5) is 0 Å². The second-order valence-electron chi connectivity index (χ2n) is 5.83. The maximum absolute atomic E-state index is 6.27. The molecule has 1 N–H and O–H groups in total. The van der Waals surface area contributed by atoms with Crippen LogP contribution >= 0.6 is 0 Å². The van der Waals surface area contributed by atoms with Gasteiger partial charge in [-0.3, -0.25) is 4.98 Å². The highest BCUT2D eigenvalue weighted by Crippen LogP contribution is 2.30. The molecule has 1 fully saturated rings. The summed E-state index contributed by atoms with van der Waals surface area (Å²) < 4.78 is 6.27. The van der Waals surface area contributed by atoms with Gasteiger partial charge in [0.15, 0.2) is 0 Å². The quantitative estimate of drug-likeness (QED) is 0.812. The first kappa shape index (κ1) is 14.3.